The van der Waals surface area contributed by atoms with Crippen LogP contribution in [0.15, 0.2) is 12.2 Å². The van der Waals surface area contributed by atoms with E-state index in [1.54, 1.807) is 20.3 Å². The second-order valence-corrected chi connectivity index (χ2v) is 7.16. The van der Waals surface area contributed by atoms with Crippen molar-refractivity contribution in [3.05, 3.63) is 12.2 Å². The highest BCUT2D eigenvalue weighted by Gasteiger charge is 2.07. The summed E-state index contributed by atoms with van der Waals surface area (Å²) in [5.41, 5.74) is 0.399. The zero-order chi connectivity index (χ0) is 10.5. The highest BCUT2D eigenvalue weighted by Crippen LogP contribution is 2.36. The molecule has 3 nitrogen and oxygen atoms in total. The van der Waals surface area contributed by atoms with E-state index in [1.165, 1.54) is 0 Å². The smallest absolute Gasteiger partial charge is 0.333 e. The second kappa shape index (κ2) is 5.23. The molecule has 0 spiro atoms. The molecule has 0 atom stereocenters. The summed E-state index contributed by atoms with van der Waals surface area (Å²) < 4.78 is 16.1. The number of hydrogen-bond acceptors (Lipinski definition) is 3. The lowest BCUT2D eigenvalue weighted by atomic mass is 10.4. The molecule has 0 heterocycles. The highest BCUT2D eigenvalue weighted by molar-refractivity contribution is 7.62. The van der Waals surface area contributed by atoms with Crippen LogP contribution < -0.4 is 0 Å². The maximum absolute atomic E-state index is 11.2. The minimum atomic E-state index is -1.96. The van der Waals surface area contributed by atoms with E-state index in [1.807, 2.05) is 0 Å². The fraction of sp³-hybridized carbons (Fsp3) is 0.667. The fourth-order valence-electron chi connectivity index (χ4n) is 0.733. The van der Waals surface area contributed by atoms with Gasteiger partial charge in [-0.25, -0.2) is 4.79 Å². The van der Waals surface area contributed by atoms with E-state index < -0.39 is 7.14 Å². The molecule has 0 radical (unpaired) electrons. The molecule has 0 aliphatic heterocycles. The first-order valence-corrected chi connectivity index (χ1v) is 6.98. The summed E-state index contributed by atoms with van der Waals surface area (Å²) in [7, 11) is -1.96. The Morgan fingerprint density at radius 2 is 2.00 bits per heavy atom. The van der Waals surface area contributed by atoms with Gasteiger partial charge in [-0.15, -0.1) is 0 Å². The van der Waals surface area contributed by atoms with Crippen molar-refractivity contribution in [3.8, 4) is 0 Å². The monoisotopic (exact) mass is 204 g/mol. The van der Waals surface area contributed by atoms with Crippen LogP contribution in [0.25, 0.3) is 0 Å². The molecule has 0 aromatic carbocycles. The summed E-state index contributed by atoms with van der Waals surface area (Å²) in [6.45, 7) is 8.85. The van der Waals surface area contributed by atoms with Gasteiger partial charge in [0, 0.05) is 11.7 Å². The maximum atomic E-state index is 11.2. The van der Waals surface area contributed by atoms with E-state index in [0.717, 1.165) is 0 Å². The number of carbonyl (C=O) groups excluding carboxylic acids is 1. The summed E-state index contributed by atoms with van der Waals surface area (Å²) in [4.78, 5) is 10.9. The predicted octanol–water partition coefficient (Wildman–Crippen LogP) is 2.12. The van der Waals surface area contributed by atoms with Gasteiger partial charge in [-0.1, -0.05) is 6.58 Å². The van der Waals surface area contributed by atoms with Crippen LogP contribution in [0.3, 0.4) is 0 Å². The van der Waals surface area contributed by atoms with Crippen LogP contribution in [-0.4, -0.2) is 32.1 Å². The Morgan fingerprint density at radius 1 is 1.46 bits per heavy atom. The molecule has 0 saturated carbocycles. The van der Waals surface area contributed by atoms with Crippen LogP contribution >= 0.6 is 7.14 Å². The van der Waals surface area contributed by atoms with E-state index in [2.05, 4.69) is 6.58 Å². The zero-order valence-electron chi connectivity index (χ0n) is 8.50. The molecule has 0 unspecified atom stereocenters. The summed E-state index contributed by atoms with van der Waals surface area (Å²) in [5.74, 6) is -0.373. The molecular formula is C9H17O3P. The standard InChI is InChI=1S/C9H17O3P/c1-8(2)9(10)12-6-5-7-13(3,4)11/h1,5-7H2,2-4H3. The number of carbonyl (C=O) groups is 1. The first-order valence-electron chi connectivity index (χ1n) is 4.19. The van der Waals surface area contributed by atoms with Gasteiger partial charge in [0.25, 0.3) is 0 Å². The summed E-state index contributed by atoms with van der Waals surface area (Å²) in [6.07, 6.45) is 1.28. The SMILES string of the molecule is C=C(C)C(=O)OCCCP(C)(C)=O. The third-order valence-electron chi connectivity index (χ3n) is 1.42. The van der Waals surface area contributed by atoms with Crippen molar-refractivity contribution in [1.29, 1.82) is 0 Å². The third-order valence-corrected chi connectivity index (χ3v) is 2.82. The Bertz CT molecular complexity index is 239. The van der Waals surface area contributed by atoms with Crippen molar-refractivity contribution in [2.24, 2.45) is 0 Å². The van der Waals surface area contributed by atoms with Crippen molar-refractivity contribution in [1.82, 2.24) is 0 Å². The first kappa shape index (κ1) is 12.4. The van der Waals surface area contributed by atoms with E-state index in [4.69, 9.17) is 4.74 Å². The van der Waals surface area contributed by atoms with Gasteiger partial charge in [0.2, 0.25) is 0 Å². The Balaban J connectivity index is 3.53. The lowest BCUT2D eigenvalue weighted by molar-refractivity contribution is -0.138. The Hall–Kier alpha value is -0.560. The molecule has 0 aromatic rings. The van der Waals surface area contributed by atoms with Gasteiger partial charge in [-0.2, -0.15) is 0 Å². The number of rotatable bonds is 5. The van der Waals surface area contributed by atoms with Crippen molar-refractivity contribution in [3.63, 3.8) is 0 Å². The largest absolute Gasteiger partial charge is 0.462 e. The van der Waals surface area contributed by atoms with Gasteiger partial charge >= 0.3 is 5.97 Å². The Kier molecular flexibility index (Phi) is 5.01. The molecule has 0 bridgehead atoms. The molecule has 0 aliphatic rings. The molecular weight excluding hydrogens is 187 g/mol. The summed E-state index contributed by atoms with van der Waals surface area (Å²) >= 11 is 0. The van der Waals surface area contributed by atoms with E-state index >= 15 is 0 Å². The van der Waals surface area contributed by atoms with Gasteiger partial charge in [0.05, 0.1) is 13.7 Å². The molecule has 4 heteroatoms. The van der Waals surface area contributed by atoms with Gasteiger partial charge in [0.15, 0.2) is 0 Å². The third kappa shape index (κ3) is 7.79. The van der Waals surface area contributed by atoms with E-state index in [-0.39, 0.29) is 5.97 Å². The maximum Gasteiger partial charge on any atom is 0.333 e. The van der Waals surface area contributed by atoms with Crippen LogP contribution in [0.1, 0.15) is 13.3 Å². The Labute approximate surface area is 79.5 Å². The lowest BCUT2D eigenvalue weighted by Crippen LogP contribution is -2.07. The number of ether oxygens (including phenoxy) is 1. The summed E-state index contributed by atoms with van der Waals surface area (Å²) in [6, 6.07) is 0. The number of hydrogen-bond donors (Lipinski definition) is 0. The quantitative estimate of drug-likeness (QED) is 0.298. The van der Waals surface area contributed by atoms with Gasteiger partial charge in [-0.3, -0.25) is 0 Å². The minimum absolute atomic E-state index is 0.331. The molecule has 0 amide bonds. The van der Waals surface area contributed by atoms with E-state index in [9.17, 15) is 9.36 Å². The van der Waals surface area contributed by atoms with Gasteiger partial charge in [0.1, 0.15) is 0 Å². The molecule has 0 aliphatic carbocycles. The van der Waals surface area contributed by atoms with Crippen molar-refractivity contribution >= 4 is 13.1 Å². The zero-order valence-corrected chi connectivity index (χ0v) is 9.39. The summed E-state index contributed by atoms with van der Waals surface area (Å²) in [5, 5.41) is 0. The topological polar surface area (TPSA) is 43.4 Å². The average Bonchev–Trinajstić information content (AvgIpc) is 1.95. The average molecular weight is 204 g/mol. The molecule has 0 saturated heterocycles. The van der Waals surface area contributed by atoms with Crippen LogP contribution in [0.5, 0.6) is 0 Å². The second-order valence-electron chi connectivity index (χ2n) is 3.57. The van der Waals surface area contributed by atoms with E-state index in [0.29, 0.717) is 24.8 Å². The predicted molar refractivity (Wildman–Crippen MR) is 54.7 cm³/mol. The van der Waals surface area contributed by atoms with Crippen LogP contribution in [-0.2, 0) is 14.1 Å². The van der Waals surface area contributed by atoms with Crippen LogP contribution in [0.2, 0.25) is 0 Å². The molecule has 0 N–H and O–H groups in total. The number of esters is 1. The van der Waals surface area contributed by atoms with Crippen molar-refractivity contribution in [2.45, 2.75) is 13.3 Å². The molecule has 0 fully saturated rings. The highest BCUT2D eigenvalue weighted by atomic mass is 31.2. The van der Waals surface area contributed by atoms with Gasteiger partial charge < -0.3 is 9.30 Å². The lowest BCUT2D eigenvalue weighted by Gasteiger charge is -2.06. The Morgan fingerprint density at radius 3 is 2.38 bits per heavy atom. The van der Waals surface area contributed by atoms with Crippen molar-refractivity contribution < 1.29 is 14.1 Å². The molecule has 0 aromatic heterocycles. The van der Waals surface area contributed by atoms with Crippen LogP contribution in [0.4, 0.5) is 0 Å². The van der Waals surface area contributed by atoms with Crippen LogP contribution in [0, 0.1) is 0 Å². The van der Waals surface area contributed by atoms with Gasteiger partial charge in [-0.05, 0) is 26.7 Å². The first-order chi connectivity index (χ1) is 5.83. The molecule has 76 valence electrons. The molecule has 0 rings (SSSR count). The normalized spacial score (nSPS) is 11.0. The minimum Gasteiger partial charge on any atom is -0.462 e. The fourth-order valence-corrected chi connectivity index (χ4v) is 1.62. The van der Waals surface area contributed by atoms with Crippen molar-refractivity contribution in [2.75, 3.05) is 26.1 Å². The molecule has 13 heavy (non-hydrogen) atoms.